The molecule has 0 aliphatic heterocycles. The van der Waals surface area contributed by atoms with Crippen LogP contribution in [-0.2, 0) is 24.8 Å². The third-order valence-corrected chi connectivity index (χ3v) is 4.74. The fourth-order valence-corrected chi connectivity index (χ4v) is 3.37. The Morgan fingerprint density at radius 3 is 2.68 bits per heavy atom. The van der Waals surface area contributed by atoms with Crippen molar-refractivity contribution in [3.05, 3.63) is 72.1 Å². The van der Waals surface area contributed by atoms with Crippen LogP contribution >= 0.6 is 0 Å². The molecule has 0 aliphatic carbocycles. The van der Waals surface area contributed by atoms with Crippen molar-refractivity contribution in [2.24, 2.45) is 7.05 Å². The van der Waals surface area contributed by atoms with E-state index in [-0.39, 0.29) is 0 Å². The third kappa shape index (κ3) is 3.65. The molecule has 0 saturated carbocycles. The molecule has 0 bridgehead atoms. The molecule has 0 radical (unpaired) electrons. The van der Waals surface area contributed by atoms with Gasteiger partial charge in [0.25, 0.3) is 0 Å². The van der Waals surface area contributed by atoms with Crippen molar-refractivity contribution in [3.63, 3.8) is 0 Å². The SMILES string of the molecule is Cn1nc(CN[C@H](Cc2c[nH]c3ccccc23)C(=O)O)c(-c2ccccc2)n1. The predicted molar refractivity (Wildman–Crippen MR) is 107 cm³/mol. The second-order valence-corrected chi connectivity index (χ2v) is 6.69. The first-order valence-corrected chi connectivity index (χ1v) is 9.08. The van der Waals surface area contributed by atoms with Crippen LogP contribution in [0, 0.1) is 0 Å². The summed E-state index contributed by atoms with van der Waals surface area (Å²) in [5, 5.41) is 22.7. The van der Waals surface area contributed by atoms with Crippen LogP contribution in [0.2, 0.25) is 0 Å². The van der Waals surface area contributed by atoms with Gasteiger partial charge in [0.05, 0.1) is 0 Å². The average Bonchev–Trinajstić information content (AvgIpc) is 3.29. The Morgan fingerprint density at radius 1 is 1.14 bits per heavy atom. The maximum atomic E-state index is 11.8. The number of carbonyl (C=O) groups is 1. The van der Waals surface area contributed by atoms with Crippen molar-refractivity contribution in [1.29, 1.82) is 0 Å². The van der Waals surface area contributed by atoms with Gasteiger partial charge in [0.15, 0.2) is 0 Å². The number of nitrogens with one attached hydrogen (secondary N) is 2. The first kappa shape index (κ1) is 17.9. The van der Waals surface area contributed by atoms with E-state index in [0.29, 0.717) is 13.0 Å². The topological polar surface area (TPSA) is 95.8 Å². The van der Waals surface area contributed by atoms with Gasteiger partial charge >= 0.3 is 5.97 Å². The minimum atomic E-state index is -0.893. The second kappa shape index (κ2) is 7.66. The smallest absolute Gasteiger partial charge is 0.321 e. The van der Waals surface area contributed by atoms with E-state index in [2.05, 4.69) is 20.5 Å². The number of fused-ring (bicyclic) bond motifs is 1. The highest BCUT2D eigenvalue weighted by Crippen LogP contribution is 2.21. The maximum absolute atomic E-state index is 11.8. The standard InChI is InChI=1S/C21H21N5O2/c1-26-24-19(20(25-26)14-7-3-2-4-8-14)13-23-18(21(27)28)11-15-12-22-17-10-6-5-9-16(15)17/h2-10,12,18,22-23H,11,13H2,1H3,(H,27,28)/t18-/m1/s1. The van der Waals surface area contributed by atoms with Gasteiger partial charge in [-0.25, -0.2) is 0 Å². The largest absolute Gasteiger partial charge is 0.480 e. The molecule has 2 heterocycles. The fourth-order valence-electron chi connectivity index (χ4n) is 3.37. The summed E-state index contributed by atoms with van der Waals surface area (Å²) in [7, 11) is 1.76. The van der Waals surface area contributed by atoms with Crippen LogP contribution in [0.1, 0.15) is 11.3 Å². The molecule has 2 aromatic carbocycles. The molecule has 3 N–H and O–H groups in total. The molecule has 28 heavy (non-hydrogen) atoms. The summed E-state index contributed by atoms with van der Waals surface area (Å²) in [6.45, 7) is 0.317. The van der Waals surface area contributed by atoms with Gasteiger partial charge in [-0.1, -0.05) is 48.5 Å². The zero-order valence-corrected chi connectivity index (χ0v) is 15.5. The minimum absolute atomic E-state index is 0.317. The number of aliphatic carboxylic acids is 1. The Morgan fingerprint density at radius 2 is 1.89 bits per heavy atom. The molecule has 7 nitrogen and oxygen atoms in total. The Bertz CT molecular complexity index is 1100. The zero-order valence-electron chi connectivity index (χ0n) is 15.5. The van der Waals surface area contributed by atoms with Crippen molar-refractivity contribution in [1.82, 2.24) is 25.3 Å². The van der Waals surface area contributed by atoms with Crippen LogP contribution < -0.4 is 5.32 Å². The molecule has 142 valence electrons. The molecule has 2 aromatic heterocycles. The highest BCUT2D eigenvalue weighted by Gasteiger charge is 2.21. The van der Waals surface area contributed by atoms with Crippen LogP contribution in [0.15, 0.2) is 60.8 Å². The maximum Gasteiger partial charge on any atom is 0.321 e. The van der Waals surface area contributed by atoms with Crippen molar-refractivity contribution in [3.8, 4) is 11.3 Å². The lowest BCUT2D eigenvalue weighted by Crippen LogP contribution is -2.38. The average molecular weight is 375 g/mol. The highest BCUT2D eigenvalue weighted by atomic mass is 16.4. The van der Waals surface area contributed by atoms with Crippen LogP contribution in [0.3, 0.4) is 0 Å². The van der Waals surface area contributed by atoms with Gasteiger partial charge < -0.3 is 10.1 Å². The monoisotopic (exact) mass is 375 g/mol. The summed E-state index contributed by atoms with van der Waals surface area (Å²) in [4.78, 5) is 16.5. The van der Waals surface area contributed by atoms with Gasteiger partial charge in [-0.05, 0) is 11.6 Å². The van der Waals surface area contributed by atoms with E-state index >= 15 is 0 Å². The number of aromatic amines is 1. The molecule has 7 heteroatoms. The second-order valence-electron chi connectivity index (χ2n) is 6.69. The van der Waals surface area contributed by atoms with Gasteiger partial charge in [0.1, 0.15) is 17.4 Å². The van der Waals surface area contributed by atoms with Crippen LogP contribution in [0.25, 0.3) is 22.2 Å². The van der Waals surface area contributed by atoms with E-state index in [4.69, 9.17) is 0 Å². The number of para-hydroxylation sites is 1. The quantitative estimate of drug-likeness (QED) is 0.462. The molecule has 0 saturated heterocycles. The van der Waals surface area contributed by atoms with E-state index in [0.717, 1.165) is 33.4 Å². The lowest BCUT2D eigenvalue weighted by atomic mass is 10.0. The minimum Gasteiger partial charge on any atom is -0.480 e. The lowest BCUT2D eigenvalue weighted by molar-refractivity contribution is -0.139. The first-order valence-electron chi connectivity index (χ1n) is 9.08. The number of carboxylic acids is 1. The molecule has 1 atom stereocenters. The van der Waals surface area contributed by atoms with E-state index < -0.39 is 12.0 Å². The first-order chi connectivity index (χ1) is 13.6. The number of hydrogen-bond donors (Lipinski definition) is 3. The number of H-pyrrole nitrogens is 1. The third-order valence-electron chi connectivity index (χ3n) is 4.74. The Kier molecular flexibility index (Phi) is 4.90. The van der Waals surface area contributed by atoms with Crippen LogP contribution in [0.4, 0.5) is 0 Å². The summed E-state index contributed by atoms with van der Waals surface area (Å²) in [5.41, 5.74) is 4.40. The summed E-state index contributed by atoms with van der Waals surface area (Å²) in [6, 6.07) is 16.9. The molecule has 0 spiro atoms. The predicted octanol–water partition coefficient (Wildman–Crippen LogP) is 2.75. The number of hydrogen-bond acceptors (Lipinski definition) is 4. The normalized spacial score (nSPS) is 12.3. The lowest BCUT2D eigenvalue weighted by Gasteiger charge is -2.13. The molecule has 4 rings (SSSR count). The molecule has 0 amide bonds. The van der Waals surface area contributed by atoms with Crippen LogP contribution in [-0.4, -0.2) is 37.1 Å². The molecule has 0 unspecified atom stereocenters. The Balaban J connectivity index is 1.53. The number of aromatic nitrogens is 4. The summed E-state index contributed by atoms with van der Waals surface area (Å²) in [6.07, 6.45) is 2.25. The Labute approximate surface area is 162 Å². The fraction of sp³-hybridized carbons (Fsp3) is 0.190. The van der Waals surface area contributed by atoms with Gasteiger partial charge in [-0.2, -0.15) is 15.0 Å². The molecule has 0 fully saturated rings. The van der Waals surface area contributed by atoms with Gasteiger partial charge in [-0.3, -0.25) is 10.1 Å². The van der Waals surface area contributed by atoms with Gasteiger partial charge in [0, 0.05) is 42.7 Å². The number of nitrogens with zero attached hydrogens (tertiary/aromatic N) is 3. The van der Waals surface area contributed by atoms with Crippen molar-refractivity contribution < 1.29 is 9.90 Å². The van der Waals surface area contributed by atoms with Crippen molar-refractivity contribution >= 4 is 16.9 Å². The highest BCUT2D eigenvalue weighted by molar-refractivity contribution is 5.84. The molecular weight excluding hydrogens is 354 g/mol. The van der Waals surface area contributed by atoms with E-state index in [1.54, 1.807) is 7.05 Å². The molecule has 0 aliphatic rings. The number of aryl methyl sites for hydroxylation is 1. The van der Waals surface area contributed by atoms with Gasteiger partial charge in [0.2, 0.25) is 0 Å². The van der Waals surface area contributed by atoms with Gasteiger partial charge in [-0.15, -0.1) is 0 Å². The van der Waals surface area contributed by atoms with E-state index in [1.165, 1.54) is 4.80 Å². The van der Waals surface area contributed by atoms with Crippen molar-refractivity contribution in [2.75, 3.05) is 0 Å². The zero-order chi connectivity index (χ0) is 19.5. The van der Waals surface area contributed by atoms with Crippen LogP contribution in [0.5, 0.6) is 0 Å². The van der Waals surface area contributed by atoms with Crippen molar-refractivity contribution in [2.45, 2.75) is 19.0 Å². The summed E-state index contributed by atoms with van der Waals surface area (Å²) < 4.78 is 0. The van der Waals surface area contributed by atoms with E-state index in [9.17, 15) is 9.90 Å². The molecule has 4 aromatic rings. The van der Waals surface area contributed by atoms with E-state index in [1.807, 2.05) is 60.8 Å². The number of benzene rings is 2. The molecular formula is C21H21N5O2. The number of rotatable bonds is 7. The number of carboxylic acid groups (broad SMARTS) is 1. The Hall–Kier alpha value is -3.45. The summed E-state index contributed by atoms with van der Waals surface area (Å²) in [5.74, 6) is -0.893. The summed E-state index contributed by atoms with van der Waals surface area (Å²) >= 11 is 0.